The van der Waals surface area contributed by atoms with Gasteiger partial charge in [0, 0.05) is 18.6 Å². The molecule has 94 valence electrons. The van der Waals surface area contributed by atoms with E-state index >= 15 is 0 Å². The zero-order valence-electron chi connectivity index (χ0n) is 8.92. The Bertz CT molecular complexity index is 401. The summed E-state index contributed by atoms with van der Waals surface area (Å²) < 4.78 is 10.9. The number of alkyl halides is 1. The van der Waals surface area contributed by atoms with Crippen LogP contribution in [0, 0.1) is 0 Å². The first-order valence-corrected chi connectivity index (χ1v) is 6.58. The van der Waals surface area contributed by atoms with Gasteiger partial charge in [-0.2, -0.15) is 0 Å². The van der Waals surface area contributed by atoms with E-state index in [9.17, 15) is 0 Å². The monoisotopic (exact) mass is 314 g/mol. The third kappa shape index (κ3) is 2.77. The molecule has 0 heterocycles. The lowest BCUT2D eigenvalue weighted by molar-refractivity contribution is -0.0582. The average Bonchev–Trinajstić information content (AvgIpc) is 2.21. The molecule has 1 aromatic carbocycles. The molecule has 1 fully saturated rings. The quantitative estimate of drug-likeness (QED) is 0.769. The molecule has 17 heavy (non-hydrogen) atoms. The summed E-state index contributed by atoms with van der Waals surface area (Å²) in [4.78, 5) is 0. The second-order valence-electron chi connectivity index (χ2n) is 3.81. The minimum Gasteiger partial charge on any atom is -0.484 e. The molecule has 2 rings (SSSR count). The maximum atomic E-state index is 6.02. The van der Waals surface area contributed by atoms with Crippen LogP contribution in [-0.2, 0) is 4.74 Å². The zero-order chi connectivity index (χ0) is 12.6. The van der Waals surface area contributed by atoms with Crippen LogP contribution in [0.3, 0.4) is 0 Å². The maximum Gasteiger partial charge on any atom is 0.157 e. The molecule has 0 N–H and O–H groups in total. The van der Waals surface area contributed by atoms with Gasteiger partial charge in [-0.15, -0.1) is 11.6 Å². The molecule has 1 aromatic rings. The Hall–Kier alpha value is 0.140. The fourth-order valence-corrected chi connectivity index (χ4v) is 3.08. The van der Waals surface area contributed by atoms with Crippen LogP contribution >= 0.6 is 46.4 Å². The smallest absolute Gasteiger partial charge is 0.157 e. The summed E-state index contributed by atoms with van der Waals surface area (Å²) in [5.74, 6) is 0.424. The van der Waals surface area contributed by atoms with Crippen molar-refractivity contribution >= 4 is 46.4 Å². The van der Waals surface area contributed by atoms with Gasteiger partial charge >= 0.3 is 0 Å². The summed E-state index contributed by atoms with van der Waals surface area (Å²) in [6.45, 7) is 0. The first-order chi connectivity index (χ1) is 8.02. The fraction of sp³-hybridized carbons (Fsp3) is 0.455. The number of rotatable bonds is 3. The Kier molecular flexibility index (Phi) is 4.32. The fourth-order valence-electron chi connectivity index (χ4n) is 1.73. The van der Waals surface area contributed by atoms with Crippen LogP contribution in [0.5, 0.6) is 5.75 Å². The first kappa shape index (κ1) is 13.6. The summed E-state index contributed by atoms with van der Waals surface area (Å²) >= 11 is 23.8. The number of hydrogen-bond acceptors (Lipinski definition) is 2. The van der Waals surface area contributed by atoms with Crippen molar-refractivity contribution in [2.45, 2.75) is 24.0 Å². The van der Waals surface area contributed by atoms with Gasteiger partial charge in [0.2, 0.25) is 0 Å². The van der Waals surface area contributed by atoms with Crippen molar-refractivity contribution in [3.05, 3.63) is 27.2 Å². The lowest BCUT2D eigenvalue weighted by atomic mass is 9.91. The molecular formula is C11H10Cl4O2. The molecule has 6 heteroatoms. The standard InChI is InChI=1S/C11H10Cl4O2/c1-16-11-8(15)4-9(11)17-10-6(13)2-5(12)3-7(10)14/h2-3,8-9,11H,4H2,1H3. The Balaban J connectivity index is 2.14. The summed E-state index contributed by atoms with van der Waals surface area (Å²) in [5, 5.41) is 1.21. The Labute approximate surface area is 120 Å². The topological polar surface area (TPSA) is 18.5 Å². The van der Waals surface area contributed by atoms with Crippen molar-refractivity contribution in [3.8, 4) is 5.75 Å². The molecule has 2 nitrogen and oxygen atoms in total. The SMILES string of the molecule is COC1C(Cl)CC1Oc1c(Cl)cc(Cl)cc1Cl. The second-order valence-corrected chi connectivity index (χ2v) is 5.62. The highest BCUT2D eigenvalue weighted by Gasteiger charge is 2.42. The molecule has 0 aromatic heterocycles. The van der Waals surface area contributed by atoms with E-state index in [-0.39, 0.29) is 17.6 Å². The molecule has 3 unspecified atom stereocenters. The van der Waals surface area contributed by atoms with Gasteiger partial charge in [0.25, 0.3) is 0 Å². The van der Waals surface area contributed by atoms with Crippen molar-refractivity contribution in [3.63, 3.8) is 0 Å². The first-order valence-electron chi connectivity index (χ1n) is 5.01. The van der Waals surface area contributed by atoms with Gasteiger partial charge in [-0.1, -0.05) is 34.8 Å². The van der Waals surface area contributed by atoms with E-state index in [1.54, 1.807) is 19.2 Å². The highest BCUT2D eigenvalue weighted by Crippen LogP contribution is 2.40. The Morgan fingerprint density at radius 1 is 1.18 bits per heavy atom. The number of benzene rings is 1. The molecule has 1 aliphatic rings. The maximum absolute atomic E-state index is 6.02. The van der Waals surface area contributed by atoms with E-state index in [0.717, 1.165) is 0 Å². The van der Waals surface area contributed by atoms with E-state index in [4.69, 9.17) is 55.9 Å². The zero-order valence-corrected chi connectivity index (χ0v) is 11.9. The molecule has 0 bridgehead atoms. The molecule has 0 radical (unpaired) electrons. The van der Waals surface area contributed by atoms with Crippen LogP contribution in [0.25, 0.3) is 0 Å². The lowest BCUT2D eigenvalue weighted by Gasteiger charge is -2.39. The van der Waals surface area contributed by atoms with Gasteiger partial charge < -0.3 is 9.47 Å². The largest absolute Gasteiger partial charge is 0.484 e. The van der Waals surface area contributed by atoms with Crippen molar-refractivity contribution in [2.75, 3.05) is 7.11 Å². The van der Waals surface area contributed by atoms with E-state index < -0.39 is 0 Å². The van der Waals surface area contributed by atoms with Crippen molar-refractivity contribution in [1.82, 2.24) is 0 Å². The third-order valence-electron chi connectivity index (χ3n) is 2.68. The molecule has 0 amide bonds. The van der Waals surface area contributed by atoms with Gasteiger partial charge in [-0.05, 0) is 12.1 Å². The molecule has 1 saturated carbocycles. The molecule has 0 saturated heterocycles. The van der Waals surface area contributed by atoms with Gasteiger partial charge in [-0.25, -0.2) is 0 Å². The summed E-state index contributed by atoms with van der Waals surface area (Å²) in [6, 6.07) is 3.17. The molecule has 0 aliphatic heterocycles. The van der Waals surface area contributed by atoms with Crippen LogP contribution in [0.15, 0.2) is 12.1 Å². The van der Waals surface area contributed by atoms with Gasteiger partial charge in [0.1, 0.15) is 12.2 Å². The summed E-state index contributed by atoms with van der Waals surface area (Å²) in [5.41, 5.74) is 0. The van der Waals surface area contributed by atoms with Gasteiger partial charge in [-0.3, -0.25) is 0 Å². The van der Waals surface area contributed by atoms with E-state index in [1.165, 1.54) is 0 Å². The van der Waals surface area contributed by atoms with Gasteiger partial charge in [0.15, 0.2) is 5.75 Å². The summed E-state index contributed by atoms with van der Waals surface area (Å²) in [6.07, 6.45) is 0.438. The molecule has 3 atom stereocenters. The Morgan fingerprint density at radius 3 is 2.24 bits per heavy atom. The van der Waals surface area contributed by atoms with Crippen LogP contribution < -0.4 is 4.74 Å². The third-order valence-corrected chi connectivity index (χ3v) is 3.89. The number of halogens is 4. The number of ether oxygens (including phenoxy) is 2. The predicted octanol–water partition coefficient (Wildman–Crippen LogP) is 4.42. The molecular weight excluding hydrogens is 306 g/mol. The minimum atomic E-state index is -0.139. The van der Waals surface area contributed by atoms with Crippen molar-refractivity contribution in [1.29, 1.82) is 0 Å². The van der Waals surface area contributed by atoms with Crippen LogP contribution in [-0.4, -0.2) is 24.7 Å². The minimum absolute atomic E-state index is 0.0325. The normalized spacial score (nSPS) is 27.7. The van der Waals surface area contributed by atoms with E-state index in [2.05, 4.69) is 0 Å². The van der Waals surface area contributed by atoms with Crippen LogP contribution in [0.2, 0.25) is 15.1 Å². The van der Waals surface area contributed by atoms with E-state index in [1.807, 2.05) is 0 Å². The van der Waals surface area contributed by atoms with E-state index in [0.29, 0.717) is 27.2 Å². The lowest BCUT2D eigenvalue weighted by Crippen LogP contribution is -2.52. The highest BCUT2D eigenvalue weighted by molar-refractivity contribution is 6.40. The second kappa shape index (κ2) is 5.41. The van der Waals surface area contributed by atoms with Gasteiger partial charge in [0.05, 0.1) is 15.4 Å². The van der Waals surface area contributed by atoms with Crippen molar-refractivity contribution < 1.29 is 9.47 Å². The molecule has 1 aliphatic carbocycles. The predicted molar refractivity (Wildman–Crippen MR) is 70.9 cm³/mol. The Morgan fingerprint density at radius 2 is 1.76 bits per heavy atom. The van der Waals surface area contributed by atoms with Crippen LogP contribution in [0.1, 0.15) is 6.42 Å². The number of methoxy groups -OCH3 is 1. The summed E-state index contributed by atoms with van der Waals surface area (Å²) in [7, 11) is 1.60. The van der Waals surface area contributed by atoms with Crippen molar-refractivity contribution in [2.24, 2.45) is 0 Å². The van der Waals surface area contributed by atoms with Crippen LogP contribution in [0.4, 0.5) is 0 Å². The highest BCUT2D eigenvalue weighted by atomic mass is 35.5. The molecule has 0 spiro atoms. The number of hydrogen-bond donors (Lipinski definition) is 0. The average molecular weight is 316 g/mol.